The van der Waals surface area contributed by atoms with Crippen LogP contribution in [0.4, 0.5) is 17.1 Å². The van der Waals surface area contributed by atoms with Crippen molar-refractivity contribution in [1.82, 2.24) is 0 Å². The maximum absolute atomic E-state index is 9.55. The van der Waals surface area contributed by atoms with Gasteiger partial charge < -0.3 is 9.32 Å². The van der Waals surface area contributed by atoms with Crippen LogP contribution in [-0.2, 0) is 0 Å². The average molecular weight is 618 g/mol. The van der Waals surface area contributed by atoms with Gasteiger partial charge >= 0.3 is 0 Å². The molecule has 1 aromatic heterocycles. The smallest absolute Gasteiger partial charge is 0.143 e. The first kappa shape index (κ1) is 23.9. The van der Waals surface area contributed by atoms with Gasteiger partial charge in [-0.3, -0.25) is 0 Å². The molecule has 0 saturated carbocycles. The fraction of sp³-hybridized carbons (Fsp3) is 0. The minimum Gasteiger partial charge on any atom is -0.455 e. The number of para-hydroxylation sites is 2. The van der Waals surface area contributed by atoms with Crippen molar-refractivity contribution >= 4 is 49.8 Å². The minimum absolute atomic E-state index is 0.100. The van der Waals surface area contributed by atoms with E-state index in [0.29, 0.717) is 11.3 Å². The molecule has 0 amide bonds. The molecule has 0 fully saturated rings. The summed E-state index contributed by atoms with van der Waals surface area (Å²) in [6, 6.07) is 53.2. The van der Waals surface area contributed by atoms with E-state index in [1.165, 1.54) is 0 Å². The molecule has 0 atom stereocenters. The lowest BCUT2D eigenvalue weighted by Crippen LogP contribution is -2.12. The summed E-state index contributed by atoms with van der Waals surface area (Å²) in [5.74, 6) is 0. The zero-order chi connectivity index (χ0) is 35.3. The van der Waals surface area contributed by atoms with E-state index in [1.54, 1.807) is 0 Å². The SMILES string of the molecule is [2H]c1c([2H])c(N(c2ccccc2-c2ccccc2)c2ccccc2-c2cccc3oc4c5ccccc5ccc4c23)c([2H])c([2H])c1-c1ccccc1. The van der Waals surface area contributed by atoms with Crippen LogP contribution in [0.5, 0.6) is 0 Å². The van der Waals surface area contributed by atoms with E-state index < -0.39 is 0 Å². The zero-order valence-corrected chi connectivity index (χ0v) is 25.9. The third-order valence-corrected chi connectivity index (χ3v) is 8.95. The molecule has 1 heterocycles. The third kappa shape index (κ3) is 4.74. The molecule has 0 aliphatic rings. The number of furan rings is 1. The first-order chi connectivity index (χ1) is 25.5. The van der Waals surface area contributed by atoms with Gasteiger partial charge in [0.1, 0.15) is 11.2 Å². The monoisotopic (exact) mass is 617 g/mol. The van der Waals surface area contributed by atoms with Crippen LogP contribution in [0.25, 0.3) is 66.1 Å². The Hall–Kier alpha value is -6.38. The molecule has 0 saturated heterocycles. The Balaban J connectivity index is 1.36. The third-order valence-electron chi connectivity index (χ3n) is 8.95. The number of hydrogen-bond donors (Lipinski definition) is 0. The molecular formula is C46H31NO. The summed E-state index contributed by atoms with van der Waals surface area (Å²) >= 11 is 0. The van der Waals surface area contributed by atoms with Crippen LogP contribution in [0.3, 0.4) is 0 Å². The van der Waals surface area contributed by atoms with Crippen LogP contribution in [-0.4, -0.2) is 0 Å². The Bertz CT molecular complexity index is 2760. The average Bonchev–Trinajstić information content (AvgIpc) is 3.59. The number of benzene rings is 8. The number of hydrogen-bond acceptors (Lipinski definition) is 2. The second-order valence-corrected chi connectivity index (χ2v) is 11.8. The molecule has 9 rings (SSSR count). The summed E-state index contributed by atoms with van der Waals surface area (Å²) in [6.07, 6.45) is 0. The molecule has 226 valence electrons. The predicted octanol–water partition coefficient (Wildman–Crippen LogP) is 13.2. The molecule has 0 bridgehead atoms. The molecule has 0 radical (unpaired) electrons. The molecule has 2 heteroatoms. The van der Waals surface area contributed by atoms with E-state index >= 15 is 0 Å². The maximum Gasteiger partial charge on any atom is 0.143 e. The van der Waals surface area contributed by atoms with Gasteiger partial charge in [-0.2, -0.15) is 0 Å². The van der Waals surface area contributed by atoms with Crippen molar-refractivity contribution < 1.29 is 9.90 Å². The summed E-state index contributed by atoms with van der Waals surface area (Å²) in [5, 5.41) is 4.09. The highest BCUT2D eigenvalue weighted by Gasteiger charge is 2.22. The Morgan fingerprint density at radius 2 is 1.02 bits per heavy atom. The highest BCUT2D eigenvalue weighted by molar-refractivity contribution is 6.19. The summed E-state index contributed by atoms with van der Waals surface area (Å²) in [6.45, 7) is 0. The molecule has 48 heavy (non-hydrogen) atoms. The fourth-order valence-corrected chi connectivity index (χ4v) is 6.74. The predicted molar refractivity (Wildman–Crippen MR) is 202 cm³/mol. The van der Waals surface area contributed by atoms with Crippen molar-refractivity contribution in [2.24, 2.45) is 0 Å². The van der Waals surface area contributed by atoms with Gasteiger partial charge in [-0.15, -0.1) is 0 Å². The van der Waals surface area contributed by atoms with Gasteiger partial charge in [0.25, 0.3) is 0 Å². The van der Waals surface area contributed by atoms with Crippen LogP contribution >= 0.6 is 0 Å². The lowest BCUT2D eigenvalue weighted by atomic mass is 9.95. The van der Waals surface area contributed by atoms with Crippen molar-refractivity contribution in [3.8, 4) is 33.4 Å². The van der Waals surface area contributed by atoms with E-state index in [2.05, 4.69) is 36.4 Å². The number of fused-ring (bicyclic) bond motifs is 5. The van der Waals surface area contributed by atoms with Crippen LogP contribution in [0.1, 0.15) is 5.48 Å². The van der Waals surface area contributed by atoms with Gasteiger partial charge in [0.2, 0.25) is 0 Å². The quantitative estimate of drug-likeness (QED) is 0.185. The van der Waals surface area contributed by atoms with Crippen molar-refractivity contribution in [2.75, 3.05) is 4.90 Å². The second-order valence-electron chi connectivity index (χ2n) is 11.8. The van der Waals surface area contributed by atoms with Crippen molar-refractivity contribution in [1.29, 1.82) is 0 Å². The Morgan fingerprint density at radius 1 is 0.417 bits per heavy atom. The van der Waals surface area contributed by atoms with E-state index in [-0.39, 0.29) is 35.4 Å². The van der Waals surface area contributed by atoms with Crippen LogP contribution in [0.2, 0.25) is 0 Å². The number of rotatable bonds is 6. The summed E-state index contributed by atoms with van der Waals surface area (Å²) in [7, 11) is 0. The minimum atomic E-state index is -0.129. The molecular weight excluding hydrogens is 583 g/mol. The Morgan fingerprint density at radius 3 is 1.79 bits per heavy atom. The van der Waals surface area contributed by atoms with E-state index in [1.807, 2.05) is 132 Å². The van der Waals surface area contributed by atoms with Crippen LogP contribution < -0.4 is 4.90 Å². The molecule has 9 aromatic rings. The van der Waals surface area contributed by atoms with Gasteiger partial charge in [0.05, 0.1) is 16.9 Å². The standard InChI is InChI=1S/C46H31NO/c1-3-14-32(15-4-1)33-26-29-36(30-27-33)47(42-23-11-9-19-37(42)34-16-5-2-6-17-34)43-24-12-10-21-39(43)40-22-13-25-44-45(40)41-31-28-35-18-7-8-20-38(35)46(41)48-44/h1-31H/i26D,27D,29D,30D. The molecule has 0 aliphatic heterocycles. The fourth-order valence-electron chi connectivity index (χ4n) is 6.74. The highest BCUT2D eigenvalue weighted by Crippen LogP contribution is 2.47. The largest absolute Gasteiger partial charge is 0.455 e. The zero-order valence-electron chi connectivity index (χ0n) is 29.9. The van der Waals surface area contributed by atoms with Gasteiger partial charge in [-0.05, 0) is 64.0 Å². The first-order valence-electron chi connectivity index (χ1n) is 18.0. The van der Waals surface area contributed by atoms with Gasteiger partial charge in [-0.25, -0.2) is 0 Å². The van der Waals surface area contributed by atoms with E-state index in [0.717, 1.165) is 60.7 Å². The Kier molecular flexibility index (Phi) is 5.85. The first-order valence-corrected chi connectivity index (χ1v) is 16.0. The summed E-state index contributed by atoms with van der Waals surface area (Å²) in [4.78, 5) is 1.91. The van der Waals surface area contributed by atoms with Crippen molar-refractivity contribution in [3.63, 3.8) is 0 Å². The number of anilines is 3. The van der Waals surface area contributed by atoms with Crippen molar-refractivity contribution in [3.05, 3.63) is 188 Å². The normalized spacial score (nSPS) is 12.5. The molecule has 0 spiro atoms. The second kappa shape index (κ2) is 11.8. The van der Waals surface area contributed by atoms with Crippen LogP contribution in [0.15, 0.2) is 192 Å². The molecule has 8 aromatic carbocycles. The van der Waals surface area contributed by atoms with Gasteiger partial charge in [0, 0.05) is 33.0 Å². The van der Waals surface area contributed by atoms with Crippen molar-refractivity contribution in [2.45, 2.75) is 0 Å². The van der Waals surface area contributed by atoms with E-state index in [4.69, 9.17) is 4.42 Å². The lowest BCUT2D eigenvalue weighted by molar-refractivity contribution is 0.673. The van der Waals surface area contributed by atoms with Gasteiger partial charge in [0.15, 0.2) is 0 Å². The summed E-state index contributed by atoms with van der Waals surface area (Å²) < 4.78 is 44.2. The molecule has 0 N–H and O–H groups in total. The topological polar surface area (TPSA) is 16.4 Å². The Labute approximate surface area is 285 Å². The highest BCUT2D eigenvalue weighted by atomic mass is 16.3. The lowest BCUT2D eigenvalue weighted by Gasteiger charge is -2.30. The maximum atomic E-state index is 9.55. The molecule has 2 nitrogen and oxygen atoms in total. The summed E-state index contributed by atoms with van der Waals surface area (Å²) in [5.41, 5.74) is 7.72. The van der Waals surface area contributed by atoms with E-state index in [9.17, 15) is 5.48 Å². The molecule has 0 aliphatic carbocycles. The number of nitrogens with zero attached hydrogens (tertiary/aromatic N) is 1. The van der Waals surface area contributed by atoms with Crippen LogP contribution in [0, 0.1) is 0 Å². The van der Waals surface area contributed by atoms with Gasteiger partial charge in [-0.1, -0.05) is 152 Å². The molecule has 0 unspecified atom stereocenters.